The van der Waals surface area contributed by atoms with Crippen LogP contribution >= 0.6 is 12.6 Å². The first-order valence-electron chi connectivity index (χ1n) is 4.61. The van der Waals surface area contributed by atoms with Gasteiger partial charge in [-0.25, -0.2) is 0 Å². The average Bonchev–Trinajstić information content (AvgIpc) is 2.08. The number of rotatable bonds is 3. The highest BCUT2D eigenvalue weighted by Crippen LogP contribution is 2.27. The summed E-state index contributed by atoms with van der Waals surface area (Å²) in [5, 5.41) is 3.29. The molecule has 72 valence electrons. The van der Waals surface area contributed by atoms with E-state index in [1.807, 2.05) is 0 Å². The lowest BCUT2D eigenvalue weighted by Gasteiger charge is -2.15. The van der Waals surface area contributed by atoms with Gasteiger partial charge in [-0.2, -0.15) is 12.6 Å². The molecule has 1 N–H and O–H groups in total. The zero-order chi connectivity index (χ0) is 9.84. The van der Waals surface area contributed by atoms with Crippen molar-refractivity contribution in [2.24, 2.45) is 0 Å². The highest BCUT2D eigenvalue weighted by molar-refractivity contribution is 7.80. The minimum absolute atomic E-state index is 0.558. The lowest BCUT2D eigenvalue weighted by molar-refractivity contribution is 0.866. The molecule has 0 spiro atoms. The van der Waals surface area contributed by atoms with Crippen molar-refractivity contribution in [2.45, 2.75) is 26.7 Å². The van der Waals surface area contributed by atoms with Gasteiger partial charge in [-0.3, -0.25) is 0 Å². The van der Waals surface area contributed by atoms with Crippen molar-refractivity contribution in [3.05, 3.63) is 29.3 Å². The summed E-state index contributed by atoms with van der Waals surface area (Å²) in [7, 11) is 0. The summed E-state index contributed by atoms with van der Waals surface area (Å²) in [6.45, 7) is 6.54. The second-order valence-corrected chi connectivity index (χ2v) is 3.84. The van der Waals surface area contributed by atoms with Gasteiger partial charge in [-0.05, 0) is 24.0 Å². The number of hydrogen-bond acceptors (Lipinski definition) is 2. The molecule has 1 aromatic rings. The summed E-state index contributed by atoms with van der Waals surface area (Å²) in [5.41, 5.74) is 3.90. The van der Waals surface area contributed by atoms with Crippen molar-refractivity contribution in [2.75, 3.05) is 11.2 Å². The molecule has 0 saturated carbocycles. The summed E-state index contributed by atoms with van der Waals surface area (Å²) in [6.07, 6.45) is 0. The molecule has 0 fully saturated rings. The smallest absolute Gasteiger partial charge is 0.0581 e. The first-order chi connectivity index (χ1) is 6.16. The molecule has 1 aromatic carbocycles. The minimum atomic E-state index is 0.558. The van der Waals surface area contributed by atoms with Gasteiger partial charge < -0.3 is 5.32 Å². The first-order valence-corrected chi connectivity index (χ1v) is 5.24. The summed E-state index contributed by atoms with van der Waals surface area (Å²) >= 11 is 4.18. The molecule has 0 saturated heterocycles. The van der Waals surface area contributed by atoms with Crippen molar-refractivity contribution < 1.29 is 0 Å². The standard InChI is InChI=1S/C11H17NS/c1-8(2)10-6-4-5-9(3)11(10)12-7-13/h4-6,8,12-13H,7H2,1-3H3. The fourth-order valence-electron chi connectivity index (χ4n) is 1.49. The number of nitrogens with one attached hydrogen (secondary N) is 1. The molecule has 13 heavy (non-hydrogen) atoms. The lowest BCUT2D eigenvalue weighted by atomic mass is 9.98. The van der Waals surface area contributed by atoms with E-state index in [0.717, 1.165) is 0 Å². The van der Waals surface area contributed by atoms with Gasteiger partial charge in [0.15, 0.2) is 0 Å². The van der Waals surface area contributed by atoms with Crippen LogP contribution in [0.4, 0.5) is 5.69 Å². The van der Waals surface area contributed by atoms with Crippen LogP contribution in [0.2, 0.25) is 0 Å². The fourth-order valence-corrected chi connectivity index (χ4v) is 1.65. The van der Waals surface area contributed by atoms with Gasteiger partial charge in [0.2, 0.25) is 0 Å². The monoisotopic (exact) mass is 195 g/mol. The molecular weight excluding hydrogens is 178 g/mol. The van der Waals surface area contributed by atoms with Crippen LogP contribution < -0.4 is 5.32 Å². The maximum atomic E-state index is 4.18. The third-order valence-corrected chi connectivity index (χ3v) is 2.34. The Morgan fingerprint density at radius 2 is 2.08 bits per heavy atom. The zero-order valence-corrected chi connectivity index (χ0v) is 9.36. The van der Waals surface area contributed by atoms with Gasteiger partial charge >= 0.3 is 0 Å². The quantitative estimate of drug-likeness (QED) is 0.556. The van der Waals surface area contributed by atoms with E-state index >= 15 is 0 Å². The van der Waals surface area contributed by atoms with E-state index in [1.54, 1.807) is 0 Å². The summed E-state index contributed by atoms with van der Waals surface area (Å²) < 4.78 is 0. The molecule has 0 amide bonds. The Morgan fingerprint density at radius 1 is 1.38 bits per heavy atom. The number of para-hydroxylation sites is 1. The van der Waals surface area contributed by atoms with Gasteiger partial charge in [0.25, 0.3) is 0 Å². The maximum Gasteiger partial charge on any atom is 0.0581 e. The predicted octanol–water partition coefficient (Wildman–Crippen LogP) is 3.42. The third-order valence-electron chi connectivity index (χ3n) is 2.18. The van der Waals surface area contributed by atoms with Crippen LogP contribution in [0.3, 0.4) is 0 Å². The molecule has 0 aliphatic rings. The maximum absolute atomic E-state index is 4.18. The zero-order valence-electron chi connectivity index (χ0n) is 8.46. The molecule has 0 radical (unpaired) electrons. The Bertz CT molecular complexity index is 281. The van der Waals surface area contributed by atoms with Crippen LogP contribution in [-0.4, -0.2) is 5.88 Å². The van der Waals surface area contributed by atoms with E-state index in [-0.39, 0.29) is 0 Å². The van der Waals surface area contributed by atoms with E-state index in [1.165, 1.54) is 16.8 Å². The molecule has 0 aliphatic carbocycles. The fraction of sp³-hybridized carbons (Fsp3) is 0.455. The highest BCUT2D eigenvalue weighted by atomic mass is 32.1. The van der Waals surface area contributed by atoms with Crippen LogP contribution in [0.1, 0.15) is 30.9 Å². The number of anilines is 1. The molecular formula is C11H17NS. The molecule has 0 bridgehead atoms. The lowest BCUT2D eigenvalue weighted by Crippen LogP contribution is -2.02. The van der Waals surface area contributed by atoms with Crippen LogP contribution in [-0.2, 0) is 0 Å². The molecule has 0 atom stereocenters. The largest absolute Gasteiger partial charge is 0.376 e. The van der Waals surface area contributed by atoms with E-state index < -0.39 is 0 Å². The molecule has 0 aromatic heterocycles. The van der Waals surface area contributed by atoms with E-state index in [9.17, 15) is 0 Å². The number of hydrogen-bond donors (Lipinski definition) is 2. The molecule has 1 nitrogen and oxygen atoms in total. The van der Waals surface area contributed by atoms with Gasteiger partial charge in [0.1, 0.15) is 0 Å². The van der Waals surface area contributed by atoms with Crippen molar-refractivity contribution >= 4 is 18.3 Å². The minimum Gasteiger partial charge on any atom is -0.376 e. The summed E-state index contributed by atoms with van der Waals surface area (Å²) in [6, 6.07) is 6.40. The Balaban J connectivity index is 3.09. The van der Waals surface area contributed by atoms with Crippen LogP contribution in [0.15, 0.2) is 18.2 Å². The van der Waals surface area contributed by atoms with Gasteiger partial charge in [0.05, 0.1) is 5.88 Å². The average molecular weight is 195 g/mol. The number of thiol groups is 1. The molecule has 1 rings (SSSR count). The topological polar surface area (TPSA) is 12.0 Å². The summed E-state index contributed by atoms with van der Waals surface area (Å²) in [5.74, 6) is 1.24. The normalized spacial score (nSPS) is 10.5. The second-order valence-electron chi connectivity index (χ2n) is 3.53. The SMILES string of the molecule is Cc1cccc(C(C)C)c1NCS. The Morgan fingerprint density at radius 3 is 2.62 bits per heavy atom. The Labute approximate surface area is 86.0 Å². The van der Waals surface area contributed by atoms with Crippen LogP contribution in [0.25, 0.3) is 0 Å². The second kappa shape index (κ2) is 4.56. The van der Waals surface area contributed by atoms with Crippen molar-refractivity contribution in [1.82, 2.24) is 0 Å². The Hall–Kier alpha value is -0.630. The van der Waals surface area contributed by atoms with Crippen molar-refractivity contribution in [1.29, 1.82) is 0 Å². The van der Waals surface area contributed by atoms with Crippen molar-refractivity contribution in [3.8, 4) is 0 Å². The van der Waals surface area contributed by atoms with Crippen molar-refractivity contribution in [3.63, 3.8) is 0 Å². The van der Waals surface area contributed by atoms with E-state index in [4.69, 9.17) is 0 Å². The molecule has 0 heterocycles. The number of benzene rings is 1. The highest BCUT2D eigenvalue weighted by Gasteiger charge is 2.07. The van der Waals surface area contributed by atoms with E-state index in [0.29, 0.717) is 11.8 Å². The van der Waals surface area contributed by atoms with Gasteiger partial charge in [0, 0.05) is 5.69 Å². The summed E-state index contributed by atoms with van der Waals surface area (Å²) in [4.78, 5) is 0. The number of aryl methyl sites for hydroxylation is 1. The van der Waals surface area contributed by atoms with Gasteiger partial charge in [-0.1, -0.05) is 32.0 Å². The van der Waals surface area contributed by atoms with E-state index in [2.05, 4.69) is 56.9 Å². The Kier molecular flexibility index (Phi) is 3.67. The van der Waals surface area contributed by atoms with Crippen LogP contribution in [0.5, 0.6) is 0 Å². The molecule has 0 aliphatic heterocycles. The predicted molar refractivity (Wildman–Crippen MR) is 62.7 cm³/mol. The van der Waals surface area contributed by atoms with Gasteiger partial charge in [-0.15, -0.1) is 0 Å². The molecule has 0 unspecified atom stereocenters. The van der Waals surface area contributed by atoms with Crippen LogP contribution in [0, 0.1) is 6.92 Å². The first kappa shape index (κ1) is 10.5. The molecule has 2 heteroatoms. The third kappa shape index (κ3) is 2.41.